The van der Waals surface area contributed by atoms with E-state index in [4.69, 9.17) is 4.74 Å². The molecule has 0 aromatic heterocycles. The quantitative estimate of drug-likeness (QED) is 0.579. The van der Waals surface area contributed by atoms with Crippen molar-refractivity contribution in [3.63, 3.8) is 0 Å². The zero-order valence-electron chi connectivity index (χ0n) is 14.8. The molecule has 0 atom stereocenters. The van der Waals surface area contributed by atoms with Gasteiger partial charge >= 0.3 is 5.97 Å². The Labute approximate surface area is 166 Å². The van der Waals surface area contributed by atoms with Crippen molar-refractivity contribution in [2.45, 2.75) is 11.5 Å². The van der Waals surface area contributed by atoms with Crippen LogP contribution in [0.5, 0.6) is 0 Å². The van der Waals surface area contributed by atoms with E-state index in [-0.39, 0.29) is 12.4 Å². The summed E-state index contributed by atoms with van der Waals surface area (Å²) in [6, 6.07) is 13.9. The lowest BCUT2D eigenvalue weighted by Crippen LogP contribution is -2.21. The zero-order valence-corrected chi connectivity index (χ0v) is 16.4. The Balaban J connectivity index is 1.51. The normalized spacial score (nSPS) is 14.0. The molecule has 0 unspecified atom stereocenters. The van der Waals surface area contributed by atoms with E-state index in [0.717, 1.165) is 11.5 Å². The second-order valence-corrected chi connectivity index (χ2v) is 8.68. The fraction of sp³-hybridized carbons (Fsp3) is 0.250. The van der Waals surface area contributed by atoms with Crippen LogP contribution in [0.4, 0.5) is 5.69 Å². The van der Waals surface area contributed by atoms with Crippen LogP contribution in [-0.4, -0.2) is 35.8 Å². The van der Waals surface area contributed by atoms with Crippen LogP contribution in [0.3, 0.4) is 0 Å². The first-order chi connectivity index (χ1) is 13.0. The van der Waals surface area contributed by atoms with Crippen LogP contribution in [0.25, 0.3) is 0 Å². The standard InChI is InChI=1S/C20H19NO4S2/c1-13(22)16-3-2-4-17(11-16)21-18(23)12-25-19(24)14-5-7-15(8-6-14)20-26-9-10-27-20/h2-8,11,20H,9-10,12H2,1H3,(H,21,23). The number of esters is 1. The van der Waals surface area contributed by atoms with Crippen molar-refractivity contribution in [1.82, 2.24) is 0 Å². The molecule has 1 aliphatic rings. The van der Waals surface area contributed by atoms with Gasteiger partial charge in [0.1, 0.15) is 0 Å². The van der Waals surface area contributed by atoms with E-state index >= 15 is 0 Å². The van der Waals surface area contributed by atoms with Crippen LogP contribution in [0, 0.1) is 0 Å². The molecule has 0 saturated carbocycles. The van der Waals surface area contributed by atoms with E-state index in [1.807, 2.05) is 35.7 Å². The van der Waals surface area contributed by atoms with Crippen LogP contribution in [0.1, 0.15) is 37.8 Å². The van der Waals surface area contributed by atoms with Crippen molar-refractivity contribution < 1.29 is 19.1 Å². The Morgan fingerprint density at radius 3 is 2.41 bits per heavy atom. The van der Waals surface area contributed by atoms with Gasteiger partial charge in [-0.3, -0.25) is 9.59 Å². The van der Waals surface area contributed by atoms with Crippen molar-refractivity contribution in [2.24, 2.45) is 0 Å². The third-order valence-electron chi connectivity index (χ3n) is 3.93. The van der Waals surface area contributed by atoms with Gasteiger partial charge in [-0.1, -0.05) is 24.3 Å². The predicted octanol–water partition coefficient (Wildman–Crippen LogP) is 4.16. The van der Waals surface area contributed by atoms with Crippen LogP contribution in [-0.2, 0) is 9.53 Å². The number of rotatable bonds is 6. The molecule has 0 aliphatic carbocycles. The lowest BCUT2D eigenvalue weighted by Gasteiger charge is -2.10. The number of carbonyl (C=O) groups is 3. The van der Waals surface area contributed by atoms with E-state index in [2.05, 4.69) is 5.32 Å². The minimum Gasteiger partial charge on any atom is -0.452 e. The number of hydrogen-bond acceptors (Lipinski definition) is 6. The lowest BCUT2D eigenvalue weighted by atomic mass is 10.1. The maximum Gasteiger partial charge on any atom is 0.338 e. The third kappa shape index (κ3) is 5.37. The molecule has 1 saturated heterocycles. The van der Waals surface area contributed by atoms with Crippen molar-refractivity contribution >= 4 is 46.9 Å². The Kier molecular flexibility index (Phi) is 6.58. The molecule has 1 heterocycles. The van der Waals surface area contributed by atoms with E-state index in [0.29, 0.717) is 21.4 Å². The Morgan fingerprint density at radius 2 is 1.74 bits per heavy atom. The summed E-state index contributed by atoms with van der Waals surface area (Å²) in [5.74, 6) is 1.20. The fourth-order valence-corrected chi connectivity index (χ4v) is 5.41. The number of Topliss-reactive ketones (excluding diaryl/α,β-unsaturated/α-hetero) is 1. The molecule has 1 N–H and O–H groups in total. The number of hydrogen-bond donors (Lipinski definition) is 1. The lowest BCUT2D eigenvalue weighted by molar-refractivity contribution is -0.119. The smallest absolute Gasteiger partial charge is 0.338 e. The number of amides is 1. The van der Waals surface area contributed by atoms with Gasteiger partial charge < -0.3 is 10.1 Å². The first kappa shape index (κ1) is 19.5. The summed E-state index contributed by atoms with van der Waals surface area (Å²) in [5, 5.41) is 2.62. The second-order valence-electron chi connectivity index (χ2n) is 5.96. The molecule has 27 heavy (non-hydrogen) atoms. The van der Waals surface area contributed by atoms with Crippen molar-refractivity contribution in [3.05, 3.63) is 65.2 Å². The predicted molar refractivity (Wildman–Crippen MR) is 109 cm³/mol. The summed E-state index contributed by atoms with van der Waals surface area (Å²) in [6.07, 6.45) is 0. The number of carbonyl (C=O) groups excluding carboxylic acids is 3. The fourth-order valence-electron chi connectivity index (χ4n) is 2.55. The second kappa shape index (κ2) is 9.10. The first-order valence-corrected chi connectivity index (χ1v) is 10.5. The van der Waals surface area contributed by atoms with Crippen LogP contribution >= 0.6 is 23.5 Å². The average Bonchev–Trinajstić information content (AvgIpc) is 3.21. The number of ether oxygens (including phenoxy) is 1. The molecule has 0 spiro atoms. The van der Waals surface area contributed by atoms with Gasteiger partial charge in [-0.2, -0.15) is 0 Å². The number of thioether (sulfide) groups is 2. The molecule has 3 rings (SSSR count). The number of anilines is 1. The molecular formula is C20H19NO4S2. The Hall–Kier alpha value is -2.25. The molecule has 140 valence electrons. The molecular weight excluding hydrogens is 382 g/mol. The Bertz CT molecular complexity index is 845. The first-order valence-electron chi connectivity index (χ1n) is 8.44. The molecule has 2 aromatic carbocycles. The summed E-state index contributed by atoms with van der Waals surface area (Å²) in [5.41, 5.74) is 2.59. The highest BCUT2D eigenvalue weighted by molar-refractivity contribution is 8.19. The van der Waals surface area contributed by atoms with E-state index in [1.54, 1.807) is 36.4 Å². The van der Waals surface area contributed by atoms with Gasteiger partial charge in [0.25, 0.3) is 5.91 Å². The maximum atomic E-state index is 12.1. The van der Waals surface area contributed by atoms with Crippen molar-refractivity contribution in [2.75, 3.05) is 23.4 Å². The van der Waals surface area contributed by atoms with Crippen LogP contribution in [0.2, 0.25) is 0 Å². The largest absolute Gasteiger partial charge is 0.452 e. The van der Waals surface area contributed by atoms with Gasteiger partial charge in [-0.15, -0.1) is 23.5 Å². The Morgan fingerprint density at radius 1 is 1.04 bits per heavy atom. The summed E-state index contributed by atoms with van der Waals surface area (Å²) in [4.78, 5) is 35.5. The van der Waals surface area contributed by atoms with Gasteiger partial charge in [-0.05, 0) is 36.8 Å². The molecule has 1 fully saturated rings. The monoisotopic (exact) mass is 401 g/mol. The van der Waals surface area contributed by atoms with Crippen molar-refractivity contribution in [1.29, 1.82) is 0 Å². The summed E-state index contributed by atoms with van der Waals surface area (Å²) in [6.45, 7) is 1.07. The zero-order chi connectivity index (χ0) is 19.2. The van der Waals surface area contributed by atoms with E-state index < -0.39 is 11.9 Å². The molecule has 0 bridgehead atoms. The summed E-state index contributed by atoms with van der Waals surface area (Å²) in [7, 11) is 0. The minimum atomic E-state index is -0.541. The van der Waals surface area contributed by atoms with Crippen LogP contribution in [0.15, 0.2) is 48.5 Å². The van der Waals surface area contributed by atoms with E-state index in [1.165, 1.54) is 12.5 Å². The van der Waals surface area contributed by atoms with Gasteiger partial charge in [0.15, 0.2) is 12.4 Å². The molecule has 1 aliphatic heterocycles. The number of benzene rings is 2. The number of ketones is 1. The average molecular weight is 402 g/mol. The van der Waals surface area contributed by atoms with Gasteiger partial charge in [0.05, 0.1) is 10.1 Å². The summed E-state index contributed by atoms with van der Waals surface area (Å²) < 4.78 is 5.50. The highest BCUT2D eigenvalue weighted by Crippen LogP contribution is 2.45. The number of nitrogens with one attached hydrogen (secondary N) is 1. The molecule has 2 aromatic rings. The molecule has 0 radical (unpaired) electrons. The molecule has 5 nitrogen and oxygen atoms in total. The van der Waals surface area contributed by atoms with Crippen LogP contribution < -0.4 is 5.32 Å². The van der Waals surface area contributed by atoms with Gasteiger partial charge in [0.2, 0.25) is 0 Å². The van der Waals surface area contributed by atoms with Gasteiger partial charge in [-0.25, -0.2) is 4.79 Å². The van der Waals surface area contributed by atoms with E-state index in [9.17, 15) is 14.4 Å². The SMILES string of the molecule is CC(=O)c1cccc(NC(=O)COC(=O)c2ccc(C3SCCS3)cc2)c1. The van der Waals surface area contributed by atoms with Gasteiger partial charge in [0, 0.05) is 22.8 Å². The highest BCUT2D eigenvalue weighted by Gasteiger charge is 2.19. The third-order valence-corrected chi connectivity index (χ3v) is 7.03. The minimum absolute atomic E-state index is 0.0876. The van der Waals surface area contributed by atoms with Crippen molar-refractivity contribution in [3.8, 4) is 0 Å². The highest BCUT2D eigenvalue weighted by atomic mass is 32.2. The molecule has 1 amide bonds. The maximum absolute atomic E-state index is 12.1. The topological polar surface area (TPSA) is 72.5 Å². The molecule has 7 heteroatoms. The summed E-state index contributed by atoms with van der Waals surface area (Å²) >= 11 is 3.80.